The molecule has 0 bridgehead atoms. The van der Waals surface area contributed by atoms with Crippen LogP contribution in [0.15, 0.2) is 18.2 Å². The summed E-state index contributed by atoms with van der Waals surface area (Å²) in [6, 6.07) is 5.16. The van der Waals surface area contributed by atoms with Crippen LogP contribution in [0.1, 0.15) is 17.3 Å². The Balaban J connectivity index is 2.11. The number of methoxy groups -OCH3 is 1. The number of carbonyl (C=O) groups excluding carboxylic acids is 2. The van der Waals surface area contributed by atoms with Crippen molar-refractivity contribution in [2.24, 2.45) is 0 Å². The predicted octanol–water partition coefficient (Wildman–Crippen LogP) is 0.582. The van der Waals surface area contributed by atoms with Crippen molar-refractivity contribution < 1.29 is 14.3 Å². The fourth-order valence-electron chi connectivity index (χ4n) is 2.30. The fourth-order valence-corrected chi connectivity index (χ4v) is 2.30. The van der Waals surface area contributed by atoms with Crippen molar-refractivity contribution in [3.8, 4) is 5.75 Å². The van der Waals surface area contributed by atoms with Crippen molar-refractivity contribution in [2.75, 3.05) is 39.0 Å². The van der Waals surface area contributed by atoms with Crippen LogP contribution in [0.4, 0.5) is 5.69 Å². The van der Waals surface area contributed by atoms with Gasteiger partial charge in [0.1, 0.15) is 5.75 Å². The van der Waals surface area contributed by atoms with Gasteiger partial charge in [-0.2, -0.15) is 0 Å². The first-order chi connectivity index (χ1) is 9.54. The molecule has 0 radical (unpaired) electrons. The van der Waals surface area contributed by atoms with Gasteiger partial charge >= 0.3 is 0 Å². The van der Waals surface area contributed by atoms with Gasteiger partial charge in [0.05, 0.1) is 18.4 Å². The lowest BCUT2D eigenvalue weighted by molar-refractivity contribution is -0.130. The van der Waals surface area contributed by atoms with Gasteiger partial charge in [-0.25, -0.2) is 0 Å². The maximum absolute atomic E-state index is 12.5. The molecule has 2 amide bonds. The zero-order valence-corrected chi connectivity index (χ0v) is 11.8. The van der Waals surface area contributed by atoms with Gasteiger partial charge in [-0.15, -0.1) is 0 Å². The minimum Gasteiger partial charge on any atom is -0.495 e. The number of benzene rings is 1. The van der Waals surface area contributed by atoms with Gasteiger partial charge in [0.15, 0.2) is 0 Å². The number of para-hydroxylation sites is 1. The second-order valence-corrected chi connectivity index (χ2v) is 4.72. The number of amides is 2. The molecule has 1 aliphatic rings. The van der Waals surface area contributed by atoms with Crippen molar-refractivity contribution >= 4 is 17.5 Å². The third kappa shape index (κ3) is 2.68. The fraction of sp³-hybridized carbons (Fsp3) is 0.429. The minimum absolute atomic E-state index is 0.0398. The number of piperazine rings is 1. The lowest BCUT2D eigenvalue weighted by atomic mass is 10.1. The van der Waals surface area contributed by atoms with Crippen molar-refractivity contribution in [1.29, 1.82) is 0 Å². The summed E-state index contributed by atoms with van der Waals surface area (Å²) < 4.78 is 5.12. The van der Waals surface area contributed by atoms with E-state index in [2.05, 4.69) is 0 Å². The number of nitrogens with two attached hydrogens (primary N) is 1. The van der Waals surface area contributed by atoms with E-state index in [0.717, 1.165) is 0 Å². The Morgan fingerprint density at radius 2 is 1.75 bits per heavy atom. The van der Waals surface area contributed by atoms with E-state index >= 15 is 0 Å². The first-order valence-electron chi connectivity index (χ1n) is 6.52. The van der Waals surface area contributed by atoms with Crippen LogP contribution in [0, 0.1) is 0 Å². The monoisotopic (exact) mass is 277 g/mol. The van der Waals surface area contributed by atoms with E-state index in [4.69, 9.17) is 10.5 Å². The number of nitrogen functional groups attached to an aromatic ring is 1. The zero-order valence-electron chi connectivity index (χ0n) is 11.8. The van der Waals surface area contributed by atoms with Crippen LogP contribution in [0.3, 0.4) is 0 Å². The van der Waals surface area contributed by atoms with Gasteiger partial charge in [-0.3, -0.25) is 9.59 Å². The third-order valence-electron chi connectivity index (χ3n) is 3.53. The molecule has 1 saturated heterocycles. The quantitative estimate of drug-likeness (QED) is 0.802. The average molecular weight is 277 g/mol. The maximum Gasteiger partial charge on any atom is 0.256 e. The Hall–Kier alpha value is -2.24. The summed E-state index contributed by atoms with van der Waals surface area (Å²) >= 11 is 0. The van der Waals surface area contributed by atoms with Crippen LogP contribution >= 0.6 is 0 Å². The van der Waals surface area contributed by atoms with E-state index in [1.807, 2.05) is 0 Å². The second kappa shape index (κ2) is 5.81. The van der Waals surface area contributed by atoms with Crippen LogP contribution in [0.5, 0.6) is 5.75 Å². The molecule has 1 fully saturated rings. The van der Waals surface area contributed by atoms with E-state index in [9.17, 15) is 9.59 Å². The van der Waals surface area contributed by atoms with Crippen LogP contribution in [-0.4, -0.2) is 54.9 Å². The normalized spacial score (nSPS) is 15.1. The van der Waals surface area contributed by atoms with E-state index in [1.54, 1.807) is 28.0 Å². The highest BCUT2D eigenvalue weighted by molar-refractivity contribution is 6.00. The van der Waals surface area contributed by atoms with Crippen molar-refractivity contribution in [2.45, 2.75) is 6.92 Å². The van der Waals surface area contributed by atoms with Crippen LogP contribution in [0.25, 0.3) is 0 Å². The molecule has 2 rings (SSSR count). The molecule has 6 heteroatoms. The molecule has 0 aromatic heterocycles. The highest BCUT2D eigenvalue weighted by atomic mass is 16.5. The molecule has 1 aromatic carbocycles. The summed E-state index contributed by atoms with van der Waals surface area (Å²) in [5.74, 6) is 0.417. The van der Waals surface area contributed by atoms with E-state index in [0.29, 0.717) is 43.2 Å². The molecule has 20 heavy (non-hydrogen) atoms. The summed E-state index contributed by atoms with van der Waals surface area (Å²) in [7, 11) is 1.52. The Kier molecular flexibility index (Phi) is 4.12. The van der Waals surface area contributed by atoms with Gasteiger partial charge in [0.2, 0.25) is 5.91 Å². The van der Waals surface area contributed by atoms with Crippen molar-refractivity contribution in [1.82, 2.24) is 9.80 Å². The number of anilines is 1. The van der Waals surface area contributed by atoms with Gasteiger partial charge in [0.25, 0.3) is 5.91 Å². The number of hydrogen-bond acceptors (Lipinski definition) is 4. The summed E-state index contributed by atoms with van der Waals surface area (Å²) in [5.41, 5.74) is 6.74. The Bertz CT molecular complexity index is 522. The van der Waals surface area contributed by atoms with Gasteiger partial charge < -0.3 is 20.3 Å². The molecule has 0 atom stereocenters. The number of carbonyl (C=O) groups is 2. The summed E-state index contributed by atoms with van der Waals surface area (Å²) in [6.07, 6.45) is 0. The lowest BCUT2D eigenvalue weighted by Crippen LogP contribution is -2.50. The Morgan fingerprint density at radius 1 is 1.15 bits per heavy atom. The molecule has 2 N–H and O–H groups in total. The maximum atomic E-state index is 12.5. The van der Waals surface area contributed by atoms with Gasteiger partial charge in [-0.1, -0.05) is 6.07 Å². The second-order valence-electron chi connectivity index (χ2n) is 4.72. The number of hydrogen-bond donors (Lipinski definition) is 1. The van der Waals surface area contributed by atoms with Crippen molar-refractivity contribution in [3.63, 3.8) is 0 Å². The molecular weight excluding hydrogens is 258 g/mol. The SMILES string of the molecule is COc1cccc(C(=O)N2CCN(C(C)=O)CC2)c1N. The molecule has 1 heterocycles. The third-order valence-corrected chi connectivity index (χ3v) is 3.53. The summed E-state index contributed by atoms with van der Waals surface area (Å²) in [6.45, 7) is 3.71. The molecule has 1 aliphatic heterocycles. The number of ether oxygens (including phenoxy) is 1. The first-order valence-corrected chi connectivity index (χ1v) is 6.52. The molecule has 108 valence electrons. The molecule has 0 aliphatic carbocycles. The largest absolute Gasteiger partial charge is 0.495 e. The van der Waals surface area contributed by atoms with Gasteiger partial charge in [-0.05, 0) is 12.1 Å². The molecule has 0 spiro atoms. The Labute approximate surface area is 118 Å². The average Bonchev–Trinajstić information content (AvgIpc) is 2.47. The number of rotatable bonds is 2. The van der Waals surface area contributed by atoms with Gasteiger partial charge in [0, 0.05) is 33.1 Å². The highest BCUT2D eigenvalue weighted by Gasteiger charge is 2.25. The first kappa shape index (κ1) is 14.2. The van der Waals surface area contributed by atoms with E-state index in [1.165, 1.54) is 14.0 Å². The molecule has 1 aromatic rings. The summed E-state index contributed by atoms with van der Waals surface area (Å²) in [5, 5.41) is 0. The predicted molar refractivity (Wildman–Crippen MR) is 75.6 cm³/mol. The van der Waals surface area contributed by atoms with E-state index in [-0.39, 0.29) is 11.8 Å². The topological polar surface area (TPSA) is 75.9 Å². The molecule has 0 unspecified atom stereocenters. The molecular formula is C14H19N3O3. The van der Waals surface area contributed by atoms with Crippen LogP contribution in [-0.2, 0) is 4.79 Å². The summed E-state index contributed by atoms with van der Waals surface area (Å²) in [4.78, 5) is 27.2. The zero-order chi connectivity index (χ0) is 14.7. The number of nitrogens with zero attached hydrogens (tertiary/aromatic N) is 2. The Morgan fingerprint density at radius 3 is 2.30 bits per heavy atom. The molecule has 6 nitrogen and oxygen atoms in total. The van der Waals surface area contributed by atoms with Crippen LogP contribution in [0.2, 0.25) is 0 Å². The van der Waals surface area contributed by atoms with Crippen LogP contribution < -0.4 is 10.5 Å². The van der Waals surface area contributed by atoms with Crippen molar-refractivity contribution in [3.05, 3.63) is 23.8 Å². The van der Waals surface area contributed by atoms with E-state index < -0.39 is 0 Å². The highest BCUT2D eigenvalue weighted by Crippen LogP contribution is 2.26. The smallest absolute Gasteiger partial charge is 0.256 e. The molecule has 0 saturated carbocycles. The minimum atomic E-state index is -0.121. The lowest BCUT2D eigenvalue weighted by Gasteiger charge is -2.34. The standard InChI is InChI=1S/C14H19N3O3/c1-10(18)16-6-8-17(9-7-16)14(19)11-4-3-5-12(20-2)13(11)15/h3-5H,6-9,15H2,1-2H3.